The molecule has 0 aliphatic carbocycles. The average molecular weight is 426 g/mol. The van der Waals surface area contributed by atoms with Gasteiger partial charge in [0.15, 0.2) is 0 Å². The van der Waals surface area contributed by atoms with Gasteiger partial charge in [0.1, 0.15) is 0 Å². The third-order valence-electron chi connectivity index (χ3n) is 5.96. The molecule has 3 nitrogen and oxygen atoms in total. The van der Waals surface area contributed by atoms with Gasteiger partial charge in [-0.3, -0.25) is 0 Å². The second-order valence-corrected chi connectivity index (χ2v) is 43.3. The van der Waals surface area contributed by atoms with Gasteiger partial charge in [-0.15, -0.1) is 0 Å². The Labute approximate surface area is 131 Å². The summed E-state index contributed by atoms with van der Waals surface area (Å²) in [5.74, 6) is 0. The zero-order valence-electron chi connectivity index (χ0n) is 14.6. The normalized spacial score (nSPS) is 16.6. The minimum absolute atomic E-state index is 0.885. The molecule has 0 heterocycles. The molecule has 0 N–H and O–H groups in total. The van der Waals surface area contributed by atoms with E-state index in [2.05, 4.69) is 41.5 Å². The first-order valence-corrected chi connectivity index (χ1v) is 21.2. The Morgan fingerprint density at radius 3 is 0.857 bits per heavy atom. The van der Waals surface area contributed by atoms with Gasteiger partial charge in [0.2, 0.25) is 0 Å². The summed E-state index contributed by atoms with van der Waals surface area (Å²) >= 11 is -4.28. The quantitative estimate of drug-likeness (QED) is 0.288. The SMILES string of the molecule is CC[PH](CC)(CC)[Ru]([CH]=O)([CH]=O)([CH]=O)[PH](CC)(CC)CC. The van der Waals surface area contributed by atoms with Gasteiger partial charge in [0.25, 0.3) is 0 Å². The van der Waals surface area contributed by atoms with Crippen LogP contribution in [-0.4, -0.2) is 51.6 Å². The first-order chi connectivity index (χ1) is 9.88. The van der Waals surface area contributed by atoms with E-state index in [0.29, 0.717) is 0 Å². The molecule has 0 aromatic carbocycles. The summed E-state index contributed by atoms with van der Waals surface area (Å²) in [6, 6.07) is 0. The van der Waals surface area contributed by atoms with E-state index in [1.807, 2.05) is 0 Å². The Morgan fingerprint density at radius 1 is 0.571 bits per heavy atom. The second-order valence-electron chi connectivity index (χ2n) is 5.68. The van der Waals surface area contributed by atoms with Crippen molar-refractivity contribution in [1.29, 1.82) is 0 Å². The van der Waals surface area contributed by atoms with Gasteiger partial charge in [0, 0.05) is 0 Å². The van der Waals surface area contributed by atoms with Crippen LogP contribution in [0.15, 0.2) is 0 Å². The van der Waals surface area contributed by atoms with Crippen LogP contribution in [0.3, 0.4) is 0 Å². The predicted octanol–water partition coefficient (Wildman–Crippen LogP) is 3.70. The molecule has 0 spiro atoms. The first-order valence-electron chi connectivity index (χ1n) is 8.04. The van der Waals surface area contributed by atoms with E-state index in [1.54, 1.807) is 0 Å². The zero-order valence-corrected chi connectivity index (χ0v) is 18.3. The Kier molecular flexibility index (Phi) is 8.04. The number of rotatable bonds is 11. The molecule has 0 atom stereocenters. The Balaban J connectivity index is 7.05. The van der Waals surface area contributed by atoms with Crippen LogP contribution in [0.25, 0.3) is 0 Å². The molecule has 0 aliphatic rings. The number of carbonyl (C=O) groups excluding carboxylic acids is 3. The maximum absolute atomic E-state index is 12.5. The Hall–Kier alpha value is 0.493. The van der Waals surface area contributed by atoms with E-state index in [-0.39, 0.29) is 0 Å². The summed E-state index contributed by atoms with van der Waals surface area (Å²) in [6.45, 7) is 12.6. The first kappa shape index (κ1) is 21.5. The monoisotopic (exact) mass is 427 g/mol. The topological polar surface area (TPSA) is 51.2 Å². The van der Waals surface area contributed by atoms with Gasteiger partial charge >= 0.3 is 131 Å². The molecule has 0 aliphatic heterocycles. The van der Waals surface area contributed by atoms with Crippen molar-refractivity contribution < 1.29 is 27.0 Å². The molecule has 0 radical (unpaired) electrons. The molecule has 0 bridgehead atoms. The van der Waals surface area contributed by atoms with Crippen molar-refractivity contribution in [2.24, 2.45) is 0 Å². The summed E-state index contributed by atoms with van der Waals surface area (Å²) in [4.78, 5) is 40.6. The van der Waals surface area contributed by atoms with Gasteiger partial charge in [-0.25, -0.2) is 0 Å². The molecule has 0 fully saturated rings. The third-order valence-corrected chi connectivity index (χ3v) is 71.5. The van der Waals surface area contributed by atoms with Crippen molar-refractivity contribution >= 4 is 25.8 Å². The molecule has 0 saturated heterocycles. The van der Waals surface area contributed by atoms with E-state index in [9.17, 15) is 14.4 Å². The summed E-state index contributed by atoms with van der Waals surface area (Å²) in [6.07, 6.45) is 5.31. The van der Waals surface area contributed by atoms with Crippen LogP contribution in [0.5, 0.6) is 0 Å². The number of hydrogen-bond donors (Lipinski definition) is 0. The van der Waals surface area contributed by atoms with Gasteiger partial charge in [0.05, 0.1) is 0 Å². The second kappa shape index (κ2) is 7.85. The Bertz CT molecular complexity index is 325. The third kappa shape index (κ3) is 2.36. The van der Waals surface area contributed by atoms with Crippen LogP contribution in [0.4, 0.5) is 0 Å². The molecular formula is C15H35O3P2Ru. The molecule has 6 heteroatoms. The van der Waals surface area contributed by atoms with E-state index in [4.69, 9.17) is 0 Å². The fraction of sp³-hybridized carbons (Fsp3) is 0.800. The summed E-state index contributed by atoms with van der Waals surface area (Å²) < 4.78 is 0. The summed E-state index contributed by atoms with van der Waals surface area (Å²) in [5, 5.41) is 0. The van der Waals surface area contributed by atoms with E-state index in [1.165, 1.54) is 0 Å². The molecule has 131 valence electrons. The molecule has 0 aromatic heterocycles. The maximum atomic E-state index is 12.5. The van der Waals surface area contributed by atoms with Gasteiger partial charge in [-0.1, -0.05) is 0 Å². The summed E-state index contributed by atoms with van der Waals surface area (Å²) in [7, 11) is 0. The Morgan fingerprint density at radius 2 is 0.762 bits per heavy atom. The summed E-state index contributed by atoms with van der Waals surface area (Å²) in [5.41, 5.74) is -4.42. The predicted molar refractivity (Wildman–Crippen MR) is 100 cm³/mol. The van der Waals surface area contributed by atoms with Crippen molar-refractivity contribution in [3.63, 3.8) is 0 Å². The molecule has 0 saturated carbocycles. The van der Waals surface area contributed by atoms with Crippen LogP contribution in [0.1, 0.15) is 41.5 Å². The zero-order chi connectivity index (χ0) is 16.8. The average Bonchev–Trinajstić information content (AvgIpc) is 2.56. The standard InChI is InChI=1S/2C6H15P.3CHO.Ru/c2*1-4-7(5-2)6-3;3*1-2;/h2*4-6H2,1-3H3;3*1H;/q;;;;;-2/p+2. The minimum atomic E-state index is -4.28. The molecule has 21 heavy (non-hydrogen) atoms. The number of carbonyl (C=O) groups is 3. The van der Waals surface area contributed by atoms with E-state index in [0.717, 1.165) is 51.6 Å². The molecule has 0 amide bonds. The van der Waals surface area contributed by atoms with Crippen LogP contribution in [0, 0.1) is 0 Å². The van der Waals surface area contributed by atoms with Crippen LogP contribution < -0.4 is 0 Å². The van der Waals surface area contributed by atoms with Crippen LogP contribution >= 0.6 is 11.2 Å². The van der Waals surface area contributed by atoms with E-state index < -0.39 is 23.8 Å². The number of hydrogen-bond acceptors (Lipinski definition) is 3. The van der Waals surface area contributed by atoms with Gasteiger partial charge < -0.3 is 0 Å². The van der Waals surface area contributed by atoms with Crippen molar-refractivity contribution in [2.75, 3.05) is 37.0 Å². The molecular weight excluding hydrogens is 391 g/mol. The van der Waals surface area contributed by atoms with Gasteiger partial charge in [-0.2, -0.15) is 0 Å². The molecule has 0 unspecified atom stereocenters. The fourth-order valence-corrected chi connectivity index (χ4v) is 78.5. The van der Waals surface area contributed by atoms with Crippen LogP contribution in [-0.2, 0) is 27.0 Å². The van der Waals surface area contributed by atoms with Gasteiger partial charge in [-0.05, 0) is 0 Å². The van der Waals surface area contributed by atoms with Crippen LogP contribution in [0.2, 0.25) is 0 Å². The van der Waals surface area contributed by atoms with Crippen molar-refractivity contribution in [1.82, 2.24) is 0 Å². The van der Waals surface area contributed by atoms with Crippen molar-refractivity contribution in [2.45, 2.75) is 41.5 Å². The molecule has 0 aromatic rings. The van der Waals surface area contributed by atoms with Crippen molar-refractivity contribution in [3.8, 4) is 0 Å². The molecule has 0 rings (SSSR count). The van der Waals surface area contributed by atoms with E-state index >= 15 is 0 Å². The fourth-order valence-electron chi connectivity index (χ4n) is 4.16. The van der Waals surface area contributed by atoms with Crippen molar-refractivity contribution in [3.05, 3.63) is 0 Å².